The highest BCUT2D eigenvalue weighted by Gasteiger charge is 2.40. The van der Waals surface area contributed by atoms with Crippen molar-refractivity contribution < 1.29 is 13.2 Å². The second kappa shape index (κ2) is 8.56. The maximum absolute atomic E-state index is 13.5. The zero-order chi connectivity index (χ0) is 20.6. The molecule has 0 bridgehead atoms. The highest BCUT2D eigenvalue weighted by molar-refractivity contribution is 7.89. The molecule has 2 aliphatic carbocycles. The summed E-state index contributed by atoms with van der Waals surface area (Å²) in [5, 5.41) is 0.336. The molecule has 3 aliphatic rings. The number of benzene rings is 1. The van der Waals surface area contributed by atoms with Crippen LogP contribution < -0.4 is 0 Å². The summed E-state index contributed by atoms with van der Waals surface area (Å²) in [6.07, 6.45) is 9.42. The van der Waals surface area contributed by atoms with Gasteiger partial charge in [-0.15, -0.1) is 0 Å². The molecule has 1 aliphatic heterocycles. The Labute approximate surface area is 179 Å². The Morgan fingerprint density at radius 3 is 2.21 bits per heavy atom. The Kier molecular flexibility index (Phi) is 6.24. The number of halogens is 1. The van der Waals surface area contributed by atoms with Crippen LogP contribution in [0.1, 0.15) is 75.1 Å². The molecule has 2 saturated carbocycles. The molecule has 0 radical (unpaired) electrons. The van der Waals surface area contributed by atoms with Crippen molar-refractivity contribution in [2.45, 2.75) is 81.7 Å². The predicted molar refractivity (Wildman–Crippen MR) is 115 cm³/mol. The molecule has 0 atom stereocenters. The Morgan fingerprint density at radius 2 is 1.66 bits per heavy atom. The van der Waals surface area contributed by atoms with Crippen molar-refractivity contribution in [1.82, 2.24) is 9.21 Å². The van der Waals surface area contributed by atoms with Gasteiger partial charge >= 0.3 is 0 Å². The lowest BCUT2D eigenvalue weighted by atomic mass is 9.83. The number of nitrogens with zero attached hydrogens (tertiary/aromatic N) is 2. The van der Waals surface area contributed by atoms with Gasteiger partial charge < -0.3 is 4.90 Å². The second-order valence-electron chi connectivity index (χ2n) is 8.78. The highest BCUT2D eigenvalue weighted by Crippen LogP contribution is 2.38. The zero-order valence-electron chi connectivity index (χ0n) is 17.1. The number of rotatable bonds is 6. The molecular formula is C22H31ClN2O3S. The summed E-state index contributed by atoms with van der Waals surface area (Å²) < 4.78 is 27.4. The lowest BCUT2D eigenvalue weighted by Gasteiger charge is -2.37. The van der Waals surface area contributed by atoms with E-state index < -0.39 is 10.0 Å². The molecule has 5 nitrogen and oxygen atoms in total. The third-order valence-electron chi connectivity index (χ3n) is 6.83. The van der Waals surface area contributed by atoms with Crippen LogP contribution in [0.15, 0.2) is 23.1 Å². The number of hydrogen-bond acceptors (Lipinski definition) is 3. The third-order valence-corrected chi connectivity index (χ3v) is 9.06. The molecule has 1 aromatic rings. The molecule has 7 heteroatoms. The summed E-state index contributed by atoms with van der Waals surface area (Å²) in [6.45, 7) is 3.33. The summed E-state index contributed by atoms with van der Waals surface area (Å²) in [5.74, 6) is 0.663. The Balaban J connectivity index is 1.60. The van der Waals surface area contributed by atoms with Gasteiger partial charge in [0.1, 0.15) is 0 Å². The van der Waals surface area contributed by atoms with Crippen LogP contribution in [0.2, 0.25) is 5.02 Å². The van der Waals surface area contributed by atoms with Crippen LogP contribution in [0.3, 0.4) is 0 Å². The molecule has 0 spiro atoms. The van der Waals surface area contributed by atoms with E-state index in [0.717, 1.165) is 57.3 Å². The van der Waals surface area contributed by atoms with Gasteiger partial charge in [-0.05, 0) is 75.5 Å². The van der Waals surface area contributed by atoms with E-state index in [1.165, 1.54) is 22.9 Å². The van der Waals surface area contributed by atoms with Gasteiger partial charge in [-0.25, -0.2) is 8.42 Å². The van der Waals surface area contributed by atoms with Gasteiger partial charge in [0, 0.05) is 25.2 Å². The number of carbonyl (C=O) groups excluding carboxylic acids is 1. The molecule has 160 valence electrons. The molecule has 1 aromatic carbocycles. The van der Waals surface area contributed by atoms with Crippen molar-refractivity contribution in [3.63, 3.8) is 0 Å². The van der Waals surface area contributed by atoms with Crippen LogP contribution in [-0.2, 0) is 10.0 Å². The largest absolute Gasteiger partial charge is 0.333 e. The van der Waals surface area contributed by atoms with E-state index in [1.54, 1.807) is 6.07 Å². The fraction of sp³-hybridized carbons (Fsp3) is 0.682. The SMILES string of the molecule is CCC1CCC(N(C(=O)c2cc(S(=O)(=O)N3CCCC3)ccc2Cl)C2CC2)CC1. The first-order valence-electron chi connectivity index (χ1n) is 11.0. The fourth-order valence-electron chi connectivity index (χ4n) is 4.86. The van der Waals surface area contributed by atoms with Gasteiger partial charge in [0.05, 0.1) is 15.5 Å². The number of sulfonamides is 1. The van der Waals surface area contributed by atoms with Crippen molar-refractivity contribution in [2.75, 3.05) is 13.1 Å². The summed E-state index contributed by atoms with van der Waals surface area (Å²) in [5.41, 5.74) is 0.330. The Hall–Kier alpha value is -1.11. The van der Waals surface area contributed by atoms with E-state index >= 15 is 0 Å². The molecule has 0 aromatic heterocycles. The molecule has 4 rings (SSSR count). The van der Waals surface area contributed by atoms with Gasteiger partial charge in [0.25, 0.3) is 5.91 Å². The van der Waals surface area contributed by atoms with Crippen molar-refractivity contribution in [3.05, 3.63) is 28.8 Å². The average molecular weight is 439 g/mol. The van der Waals surface area contributed by atoms with E-state index in [-0.39, 0.29) is 22.9 Å². The van der Waals surface area contributed by atoms with Gasteiger partial charge in [-0.3, -0.25) is 4.79 Å². The topological polar surface area (TPSA) is 57.7 Å². The number of hydrogen-bond donors (Lipinski definition) is 0. The van der Waals surface area contributed by atoms with Crippen molar-refractivity contribution >= 4 is 27.5 Å². The number of carbonyl (C=O) groups is 1. The molecule has 1 heterocycles. The minimum atomic E-state index is -3.57. The normalized spacial score (nSPS) is 25.9. The van der Waals surface area contributed by atoms with E-state index in [4.69, 9.17) is 11.6 Å². The number of amides is 1. The van der Waals surface area contributed by atoms with Crippen LogP contribution in [-0.4, -0.2) is 48.7 Å². The lowest BCUT2D eigenvalue weighted by molar-refractivity contribution is 0.0587. The van der Waals surface area contributed by atoms with Crippen LogP contribution >= 0.6 is 11.6 Å². The van der Waals surface area contributed by atoms with Crippen molar-refractivity contribution in [3.8, 4) is 0 Å². The van der Waals surface area contributed by atoms with Gasteiger partial charge in [-0.1, -0.05) is 24.9 Å². The van der Waals surface area contributed by atoms with Crippen LogP contribution in [0.4, 0.5) is 0 Å². The third kappa shape index (κ3) is 4.35. The highest BCUT2D eigenvalue weighted by atomic mass is 35.5. The fourth-order valence-corrected chi connectivity index (χ4v) is 6.60. The van der Waals surface area contributed by atoms with Crippen LogP contribution in [0.25, 0.3) is 0 Å². The van der Waals surface area contributed by atoms with Crippen molar-refractivity contribution in [1.29, 1.82) is 0 Å². The summed E-state index contributed by atoms with van der Waals surface area (Å²) in [4.78, 5) is 15.7. The molecule has 0 unspecified atom stereocenters. The van der Waals surface area contributed by atoms with E-state index in [0.29, 0.717) is 23.7 Å². The maximum atomic E-state index is 13.5. The molecule has 1 saturated heterocycles. The quantitative estimate of drug-likeness (QED) is 0.646. The second-order valence-corrected chi connectivity index (χ2v) is 11.1. The Bertz CT molecular complexity index is 855. The minimum Gasteiger partial charge on any atom is -0.333 e. The van der Waals surface area contributed by atoms with Gasteiger partial charge in [-0.2, -0.15) is 4.31 Å². The first-order valence-corrected chi connectivity index (χ1v) is 12.9. The smallest absolute Gasteiger partial charge is 0.255 e. The van der Waals surface area contributed by atoms with E-state index in [2.05, 4.69) is 6.92 Å². The van der Waals surface area contributed by atoms with E-state index in [1.807, 2.05) is 4.90 Å². The minimum absolute atomic E-state index is 0.101. The molecule has 0 N–H and O–H groups in total. The van der Waals surface area contributed by atoms with Crippen molar-refractivity contribution in [2.24, 2.45) is 5.92 Å². The van der Waals surface area contributed by atoms with Gasteiger partial charge in [0.15, 0.2) is 0 Å². The summed E-state index contributed by atoms with van der Waals surface area (Å²) in [7, 11) is -3.57. The first kappa shape index (κ1) is 21.1. The van der Waals surface area contributed by atoms with Gasteiger partial charge in [0.2, 0.25) is 10.0 Å². The van der Waals surface area contributed by atoms with E-state index in [9.17, 15) is 13.2 Å². The summed E-state index contributed by atoms with van der Waals surface area (Å²) >= 11 is 6.40. The Morgan fingerprint density at radius 1 is 1.07 bits per heavy atom. The molecule has 29 heavy (non-hydrogen) atoms. The van der Waals surface area contributed by atoms with Crippen LogP contribution in [0.5, 0.6) is 0 Å². The maximum Gasteiger partial charge on any atom is 0.255 e. The monoisotopic (exact) mass is 438 g/mol. The standard InChI is InChI=1S/C22H31ClN2O3S/c1-2-16-5-7-17(8-6-16)25(18-9-10-18)22(26)20-15-19(11-12-21(20)23)29(27,28)24-13-3-4-14-24/h11-12,15-18H,2-10,13-14H2,1H3. The van der Waals surface area contributed by atoms with Crippen LogP contribution in [0, 0.1) is 5.92 Å². The lowest BCUT2D eigenvalue weighted by Crippen LogP contribution is -2.44. The molecule has 3 fully saturated rings. The molecular weight excluding hydrogens is 408 g/mol. The first-order chi connectivity index (χ1) is 13.9. The zero-order valence-corrected chi connectivity index (χ0v) is 18.7. The average Bonchev–Trinajstić information content (AvgIpc) is 3.38. The summed E-state index contributed by atoms with van der Waals surface area (Å²) in [6, 6.07) is 5.12. The molecule has 1 amide bonds. The predicted octanol–water partition coefficient (Wildman–Crippen LogP) is 4.70.